The minimum atomic E-state index is -0.682. The Morgan fingerprint density at radius 2 is 1.61 bits per heavy atom. The highest BCUT2D eigenvalue weighted by Gasteiger charge is 2.16. The molecule has 0 bridgehead atoms. The fourth-order valence-corrected chi connectivity index (χ4v) is 3.03. The van der Waals surface area contributed by atoms with Crippen molar-refractivity contribution in [2.75, 3.05) is 19.8 Å². The van der Waals surface area contributed by atoms with Crippen LogP contribution in [0, 0.1) is 0 Å². The number of rotatable bonds is 14. The Bertz CT molecular complexity index is 767. The molecule has 0 fully saturated rings. The number of aliphatic hydroxyl groups excluding tert-OH is 1. The maximum absolute atomic E-state index is 12.1. The van der Waals surface area contributed by atoms with Crippen LogP contribution in [0.1, 0.15) is 64.7 Å². The number of unbranched alkanes of at least 4 members (excludes halogenated alkanes) is 7. The molecule has 2 rings (SSSR count). The van der Waals surface area contributed by atoms with Crippen LogP contribution in [0.2, 0.25) is 0 Å². The van der Waals surface area contributed by atoms with Crippen molar-refractivity contribution in [2.45, 2.75) is 64.7 Å². The Hall–Kier alpha value is -2.21. The second-order valence-electron chi connectivity index (χ2n) is 6.97. The molecule has 2 N–H and O–H groups in total. The average Bonchev–Trinajstić information content (AvgIpc) is 2.69. The van der Waals surface area contributed by atoms with Gasteiger partial charge in [0.05, 0.1) is 18.6 Å². The molecule has 1 heterocycles. The Labute approximate surface area is 166 Å². The summed E-state index contributed by atoms with van der Waals surface area (Å²) >= 11 is 0. The van der Waals surface area contributed by atoms with E-state index in [9.17, 15) is 9.90 Å². The van der Waals surface area contributed by atoms with Crippen molar-refractivity contribution in [3.8, 4) is 17.2 Å². The molecule has 1 aromatic heterocycles. The normalized spacial score (nSPS) is 11.1. The van der Waals surface area contributed by atoms with Gasteiger partial charge in [0.15, 0.2) is 5.75 Å². The quantitative estimate of drug-likeness (QED) is 0.355. The van der Waals surface area contributed by atoms with Crippen molar-refractivity contribution in [3.05, 3.63) is 28.6 Å². The van der Waals surface area contributed by atoms with Gasteiger partial charge >= 0.3 is 5.63 Å². The van der Waals surface area contributed by atoms with Crippen LogP contribution >= 0.6 is 0 Å². The topological polar surface area (TPSA) is 89.1 Å². The highest BCUT2D eigenvalue weighted by Crippen LogP contribution is 2.33. The standard InChI is InChI=1S/C22H32O6/c1-2-3-4-5-6-7-8-9-14-27-21-20(24)18-16-17(26-15-10-13-23)11-12-19(18)28-22(21)25/h11-12,16,23-24H,2-10,13-15H2,1H3. The second-order valence-corrected chi connectivity index (χ2v) is 6.97. The zero-order valence-corrected chi connectivity index (χ0v) is 16.7. The lowest BCUT2D eigenvalue weighted by molar-refractivity contribution is 0.233. The van der Waals surface area contributed by atoms with Crippen molar-refractivity contribution >= 4 is 11.0 Å². The second kappa shape index (κ2) is 12.3. The summed E-state index contributed by atoms with van der Waals surface area (Å²) in [5.74, 6) is 0.153. The molecule has 1 aromatic carbocycles. The predicted octanol–water partition coefficient (Wildman–Crippen LogP) is 4.78. The van der Waals surface area contributed by atoms with E-state index in [-0.39, 0.29) is 23.7 Å². The molecule has 0 unspecified atom stereocenters. The van der Waals surface area contributed by atoms with Gasteiger partial charge in [0, 0.05) is 13.0 Å². The molecule has 0 saturated heterocycles. The van der Waals surface area contributed by atoms with Crippen LogP contribution < -0.4 is 15.1 Å². The smallest absolute Gasteiger partial charge is 0.383 e. The molecule has 0 spiro atoms. The highest BCUT2D eigenvalue weighted by atomic mass is 16.5. The van der Waals surface area contributed by atoms with Crippen LogP contribution in [-0.4, -0.2) is 30.0 Å². The Kier molecular flexibility index (Phi) is 9.69. The summed E-state index contributed by atoms with van der Waals surface area (Å²) in [6.07, 6.45) is 9.88. The van der Waals surface area contributed by atoms with E-state index in [2.05, 4.69) is 6.92 Å². The number of ether oxygens (including phenoxy) is 2. The first-order chi connectivity index (χ1) is 13.7. The van der Waals surface area contributed by atoms with Gasteiger partial charge in [-0.2, -0.15) is 0 Å². The number of hydrogen-bond acceptors (Lipinski definition) is 6. The van der Waals surface area contributed by atoms with Crippen LogP contribution in [0.15, 0.2) is 27.4 Å². The SMILES string of the molecule is CCCCCCCCCCOc1c(O)c2cc(OCCCO)ccc2oc1=O. The van der Waals surface area contributed by atoms with E-state index in [1.165, 1.54) is 32.1 Å². The minimum Gasteiger partial charge on any atom is -0.504 e. The van der Waals surface area contributed by atoms with E-state index in [1.807, 2.05) is 0 Å². The molecule has 6 heteroatoms. The van der Waals surface area contributed by atoms with Gasteiger partial charge in [-0.05, 0) is 24.6 Å². The van der Waals surface area contributed by atoms with E-state index in [0.29, 0.717) is 30.8 Å². The fourth-order valence-electron chi connectivity index (χ4n) is 3.03. The third kappa shape index (κ3) is 6.75. The van der Waals surface area contributed by atoms with Gasteiger partial charge in [0.1, 0.15) is 11.3 Å². The lowest BCUT2D eigenvalue weighted by Gasteiger charge is -2.10. The summed E-state index contributed by atoms with van der Waals surface area (Å²) in [6, 6.07) is 4.84. The van der Waals surface area contributed by atoms with Crippen LogP contribution in [0.3, 0.4) is 0 Å². The molecule has 2 aromatic rings. The zero-order valence-electron chi connectivity index (χ0n) is 16.7. The molecule has 0 aliphatic rings. The van der Waals surface area contributed by atoms with Gasteiger partial charge < -0.3 is 24.1 Å². The van der Waals surface area contributed by atoms with Gasteiger partial charge in [-0.15, -0.1) is 0 Å². The van der Waals surface area contributed by atoms with E-state index in [4.69, 9.17) is 19.0 Å². The third-order valence-corrected chi connectivity index (χ3v) is 4.62. The van der Waals surface area contributed by atoms with Crippen molar-refractivity contribution in [1.82, 2.24) is 0 Å². The molecule has 0 amide bonds. The first-order valence-corrected chi connectivity index (χ1v) is 10.3. The fraction of sp³-hybridized carbons (Fsp3) is 0.591. The first-order valence-electron chi connectivity index (χ1n) is 10.3. The number of benzene rings is 1. The summed E-state index contributed by atoms with van der Waals surface area (Å²) < 4.78 is 16.3. The molecule has 0 aliphatic heterocycles. The summed E-state index contributed by atoms with van der Waals surface area (Å²) in [6.45, 7) is 2.98. The van der Waals surface area contributed by atoms with Crippen molar-refractivity contribution in [2.24, 2.45) is 0 Å². The average molecular weight is 392 g/mol. The summed E-state index contributed by atoms with van der Waals surface area (Å²) in [5.41, 5.74) is -0.407. The third-order valence-electron chi connectivity index (χ3n) is 4.62. The van der Waals surface area contributed by atoms with Crippen LogP contribution in [0.25, 0.3) is 11.0 Å². The monoisotopic (exact) mass is 392 g/mol. The molecule has 0 atom stereocenters. The lowest BCUT2D eigenvalue weighted by atomic mass is 10.1. The molecule has 0 aliphatic carbocycles. The first kappa shape index (κ1) is 22.1. The summed E-state index contributed by atoms with van der Waals surface area (Å²) in [5, 5.41) is 19.7. The van der Waals surface area contributed by atoms with E-state index >= 15 is 0 Å². The van der Waals surface area contributed by atoms with Gasteiger partial charge in [0.2, 0.25) is 5.75 Å². The van der Waals surface area contributed by atoms with Gasteiger partial charge in [-0.3, -0.25) is 0 Å². The lowest BCUT2D eigenvalue weighted by Crippen LogP contribution is -2.08. The number of aromatic hydroxyl groups is 1. The zero-order chi connectivity index (χ0) is 20.2. The Balaban J connectivity index is 1.90. The molecule has 156 valence electrons. The highest BCUT2D eigenvalue weighted by molar-refractivity contribution is 5.86. The van der Waals surface area contributed by atoms with Crippen LogP contribution in [0.4, 0.5) is 0 Å². The van der Waals surface area contributed by atoms with Crippen molar-refractivity contribution < 1.29 is 24.1 Å². The molecule has 6 nitrogen and oxygen atoms in total. The maximum atomic E-state index is 12.1. The Morgan fingerprint density at radius 1 is 0.929 bits per heavy atom. The predicted molar refractivity (Wildman–Crippen MR) is 109 cm³/mol. The van der Waals surface area contributed by atoms with E-state index in [1.54, 1.807) is 18.2 Å². The van der Waals surface area contributed by atoms with E-state index in [0.717, 1.165) is 19.3 Å². The van der Waals surface area contributed by atoms with Crippen LogP contribution in [0.5, 0.6) is 17.2 Å². The van der Waals surface area contributed by atoms with Gasteiger partial charge in [-0.1, -0.05) is 51.9 Å². The maximum Gasteiger partial charge on any atom is 0.383 e. The molecule has 28 heavy (non-hydrogen) atoms. The van der Waals surface area contributed by atoms with Gasteiger partial charge in [-0.25, -0.2) is 4.79 Å². The summed E-state index contributed by atoms with van der Waals surface area (Å²) in [4.78, 5) is 12.1. The number of fused-ring (bicyclic) bond motifs is 1. The number of hydrogen-bond donors (Lipinski definition) is 2. The van der Waals surface area contributed by atoms with Crippen LogP contribution in [-0.2, 0) is 0 Å². The van der Waals surface area contributed by atoms with Crippen molar-refractivity contribution in [1.29, 1.82) is 0 Å². The summed E-state index contributed by atoms with van der Waals surface area (Å²) in [7, 11) is 0. The molecular weight excluding hydrogens is 360 g/mol. The molecule has 0 radical (unpaired) electrons. The largest absolute Gasteiger partial charge is 0.504 e. The van der Waals surface area contributed by atoms with Crippen molar-refractivity contribution in [3.63, 3.8) is 0 Å². The van der Waals surface area contributed by atoms with E-state index < -0.39 is 5.63 Å². The minimum absolute atomic E-state index is 0.0461. The molecular formula is C22H32O6. The Morgan fingerprint density at radius 3 is 2.32 bits per heavy atom. The molecule has 0 saturated carbocycles. The number of aliphatic hydroxyl groups is 1. The van der Waals surface area contributed by atoms with Gasteiger partial charge in [0.25, 0.3) is 0 Å².